The molecule has 1 N–H and O–H groups in total. The van der Waals surface area contributed by atoms with E-state index in [1.807, 2.05) is 0 Å². The highest BCUT2D eigenvalue weighted by molar-refractivity contribution is 5.47. The number of hydrogen-bond donors (Lipinski definition) is 1. The number of rotatable bonds is 0. The van der Waals surface area contributed by atoms with Crippen molar-refractivity contribution in [3.8, 4) is 0 Å². The third-order valence-electron chi connectivity index (χ3n) is 2.18. The van der Waals surface area contributed by atoms with Crippen molar-refractivity contribution in [3.05, 3.63) is 23.4 Å². The monoisotopic (exact) mass is 202 g/mol. The third kappa shape index (κ3) is 1.66. The van der Waals surface area contributed by atoms with Crippen molar-refractivity contribution in [2.75, 3.05) is 11.9 Å². The molecule has 2 rings (SSSR count). The minimum atomic E-state index is -4.35. The van der Waals surface area contributed by atoms with E-state index >= 15 is 0 Å². The van der Waals surface area contributed by atoms with Crippen LogP contribution in [0.4, 0.5) is 19.0 Å². The Labute approximate surface area is 79.2 Å². The van der Waals surface area contributed by atoms with Gasteiger partial charge in [-0.15, -0.1) is 0 Å². The van der Waals surface area contributed by atoms with Crippen LogP contribution < -0.4 is 5.32 Å². The van der Waals surface area contributed by atoms with Gasteiger partial charge in [-0.2, -0.15) is 13.2 Å². The largest absolute Gasteiger partial charge is 0.433 e. The van der Waals surface area contributed by atoms with Gasteiger partial charge in [0.2, 0.25) is 0 Å². The number of nitrogens with one attached hydrogen (secondary N) is 1. The van der Waals surface area contributed by atoms with Crippen molar-refractivity contribution in [1.82, 2.24) is 4.98 Å². The van der Waals surface area contributed by atoms with Gasteiger partial charge >= 0.3 is 6.18 Å². The number of anilines is 1. The van der Waals surface area contributed by atoms with Crippen LogP contribution in [0.25, 0.3) is 0 Å². The van der Waals surface area contributed by atoms with Crippen LogP contribution in [0.2, 0.25) is 0 Å². The molecule has 1 aromatic heterocycles. The quantitative estimate of drug-likeness (QED) is 0.699. The van der Waals surface area contributed by atoms with Gasteiger partial charge in [0.1, 0.15) is 11.5 Å². The molecule has 1 aliphatic heterocycles. The second kappa shape index (κ2) is 3.15. The second-order valence-electron chi connectivity index (χ2n) is 3.23. The average Bonchev–Trinajstić information content (AvgIpc) is 2.16. The number of pyridine rings is 1. The zero-order chi connectivity index (χ0) is 10.2. The van der Waals surface area contributed by atoms with Crippen molar-refractivity contribution >= 4 is 5.82 Å². The second-order valence-corrected chi connectivity index (χ2v) is 3.23. The first-order valence-electron chi connectivity index (χ1n) is 4.38. The van der Waals surface area contributed by atoms with Gasteiger partial charge in [0.25, 0.3) is 0 Å². The molecule has 0 spiro atoms. The zero-order valence-corrected chi connectivity index (χ0v) is 7.36. The molecular formula is C9H9F3N2. The van der Waals surface area contributed by atoms with Crippen molar-refractivity contribution in [2.45, 2.75) is 19.0 Å². The molecule has 0 aliphatic carbocycles. The van der Waals surface area contributed by atoms with E-state index in [1.165, 1.54) is 6.07 Å². The van der Waals surface area contributed by atoms with Crippen LogP contribution in [-0.2, 0) is 12.6 Å². The number of hydrogen-bond acceptors (Lipinski definition) is 2. The lowest BCUT2D eigenvalue weighted by Gasteiger charge is -2.17. The van der Waals surface area contributed by atoms with Crippen LogP contribution in [0.1, 0.15) is 17.7 Å². The summed E-state index contributed by atoms with van der Waals surface area (Å²) in [5.41, 5.74) is 0.0369. The van der Waals surface area contributed by atoms with E-state index in [1.54, 1.807) is 0 Å². The normalized spacial score (nSPS) is 15.9. The van der Waals surface area contributed by atoms with Crippen LogP contribution in [-0.4, -0.2) is 11.5 Å². The Morgan fingerprint density at radius 1 is 1.29 bits per heavy atom. The molecule has 2 heterocycles. The van der Waals surface area contributed by atoms with E-state index in [0.29, 0.717) is 12.4 Å². The predicted octanol–water partition coefficient (Wildman–Crippen LogP) is 2.46. The summed E-state index contributed by atoms with van der Waals surface area (Å²) in [5, 5.41) is 2.86. The lowest BCUT2D eigenvalue weighted by atomic mass is 10.1. The van der Waals surface area contributed by atoms with Gasteiger partial charge in [-0.1, -0.05) is 6.07 Å². The summed E-state index contributed by atoms with van der Waals surface area (Å²) in [7, 11) is 0. The molecule has 5 heteroatoms. The number of halogens is 3. The Morgan fingerprint density at radius 3 is 2.79 bits per heavy atom. The Morgan fingerprint density at radius 2 is 2.07 bits per heavy atom. The highest BCUT2D eigenvalue weighted by Crippen LogP contribution is 2.30. The first-order valence-corrected chi connectivity index (χ1v) is 4.38. The van der Waals surface area contributed by atoms with E-state index in [-0.39, 0.29) is 0 Å². The van der Waals surface area contributed by atoms with Gasteiger partial charge < -0.3 is 5.32 Å². The van der Waals surface area contributed by atoms with Crippen LogP contribution in [0.5, 0.6) is 0 Å². The van der Waals surface area contributed by atoms with Crippen LogP contribution in [0.15, 0.2) is 12.1 Å². The molecule has 2 nitrogen and oxygen atoms in total. The minimum Gasteiger partial charge on any atom is -0.370 e. The van der Waals surface area contributed by atoms with Crippen molar-refractivity contribution in [2.24, 2.45) is 0 Å². The molecular weight excluding hydrogens is 193 g/mol. The lowest BCUT2D eigenvalue weighted by Crippen LogP contribution is -2.16. The zero-order valence-electron chi connectivity index (χ0n) is 7.36. The summed E-state index contributed by atoms with van der Waals surface area (Å²) < 4.78 is 36.8. The predicted molar refractivity (Wildman–Crippen MR) is 46.0 cm³/mol. The van der Waals surface area contributed by atoms with Crippen LogP contribution in [0.3, 0.4) is 0 Å². The maximum atomic E-state index is 12.3. The molecule has 14 heavy (non-hydrogen) atoms. The molecule has 0 saturated carbocycles. The molecule has 0 saturated heterocycles. The Hall–Kier alpha value is -1.26. The number of aryl methyl sites for hydroxylation is 1. The third-order valence-corrected chi connectivity index (χ3v) is 2.18. The fourth-order valence-electron chi connectivity index (χ4n) is 1.49. The number of aromatic nitrogens is 1. The maximum absolute atomic E-state index is 12.3. The van der Waals surface area contributed by atoms with E-state index in [2.05, 4.69) is 10.3 Å². The molecule has 0 radical (unpaired) electrons. The topological polar surface area (TPSA) is 24.9 Å². The number of fused-ring (bicyclic) bond motifs is 1. The smallest absolute Gasteiger partial charge is 0.370 e. The van der Waals surface area contributed by atoms with Gasteiger partial charge in [0.15, 0.2) is 0 Å². The lowest BCUT2D eigenvalue weighted by molar-refractivity contribution is -0.141. The maximum Gasteiger partial charge on any atom is 0.433 e. The van der Waals surface area contributed by atoms with Gasteiger partial charge in [0.05, 0.1) is 0 Å². The first kappa shape index (κ1) is 9.30. The molecule has 1 aromatic rings. The van der Waals surface area contributed by atoms with Gasteiger partial charge in [-0.3, -0.25) is 0 Å². The Balaban J connectivity index is 2.39. The highest BCUT2D eigenvalue weighted by Gasteiger charge is 2.33. The van der Waals surface area contributed by atoms with Crippen molar-refractivity contribution < 1.29 is 13.2 Å². The van der Waals surface area contributed by atoms with Gasteiger partial charge in [0, 0.05) is 6.54 Å². The summed E-state index contributed by atoms with van der Waals surface area (Å²) in [6.07, 6.45) is -2.61. The fraction of sp³-hybridized carbons (Fsp3) is 0.444. The summed E-state index contributed by atoms with van der Waals surface area (Å²) in [6.45, 7) is 0.696. The summed E-state index contributed by atoms with van der Waals surface area (Å²) in [4.78, 5) is 3.55. The van der Waals surface area contributed by atoms with E-state index in [9.17, 15) is 13.2 Å². The van der Waals surface area contributed by atoms with E-state index in [0.717, 1.165) is 24.5 Å². The summed E-state index contributed by atoms with van der Waals surface area (Å²) >= 11 is 0. The van der Waals surface area contributed by atoms with Crippen molar-refractivity contribution in [1.29, 1.82) is 0 Å². The fourth-order valence-corrected chi connectivity index (χ4v) is 1.49. The minimum absolute atomic E-state index is 0.381. The standard InChI is InChI=1S/C9H9F3N2/c10-9(11,12)7-4-3-6-2-1-5-13-8(6)14-7/h3-4H,1-2,5H2,(H,13,14). The first-order chi connectivity index (χ1) is 6.57. The molecule has 0 aromatic carbocycles. The van der Waals surface area contributed by atoms with E-state index in [4.69, 9.17) is 0 Å². The van der Waals surface area contributed by atoms with Crippen LogP contribution in [0, 0.1) is 0 Å². The Bertz CT molecular complexity index is 346. The van der Waals surface area contributed by atoms with Gasteiger partial charge in [-0.25, -0.2) is 4.98 Å². The molecule has 0 fully saturated rings. The number of nitrogens with zero attached hydrogens (tertiary/aromatic N) is 1. The van der Waals surface area contributed by atoms with Crippen LogP contribution >= 0.6 is 0 Å². The van der Waals surface area contributed by atoms with E-state index < -0.39 is 11.9 Å². The summed E-state index contributed by atoms with van der Waals surface area (Å²) in [6, 6.07) is 2.53. The molecule has 76 valence electrons. The molecule has 0 atom stereocenters. The average molecular weight is 202 g/mol. The molecule has 0 amide bonds. The summed E-state index contributed by atoms with van der Waals surface area (Å²) in [5.74, 6) is 0.381. The molecule has 0 bridgehead atoms. The molecule has 1 aliphatic rings. The van der Waals surface area contributed by atoms with Gasteiger partial charge in [-0.05, 0) is 24.5 Å². The SMILES string of the molecule is FC(F)(F)c1ccc2c(n1)NCCC2. The number of alkyl halides is 3. The Kier molecular flexibility index (Phi) is 2.09. The highest BCUT2D eigenvalue weighted by atomic mass is 19.4. The molecule has 0 unspecified atom stereocenters. The van der Waals surface area contributed by atoms with Crippen molar-refractivity contribution in [3.63, 3.8) is 0 Å².